The lowest BCUT2D eigenvalue weighted by Gasteiger charge is -2.29. The van der Waals surface area contributed by atoms with E-state index < -0.39 is 0 Å². The van der Waals surface area contributed by atoms with Crippen molar-refractivity contribution in [2.75, 3.05) is 6.61 Å². The Morgan fingerprint density at radius 3 is 2.38 bits per heavy atom. The molecule has 0 amide bonds. The van der Waals surface area contributed by atoms with Crippen LogP contribution in [0.15, 0.2) is 47.4 Å². The summed E-state index contributed by atoms with van der Waals surface area (Å²) >= 11 is 8.24. The van der Waals surface area contributed by atoms with Gasteiger partial charge in [0.1, 0.15) is 5.75 Å². The average molecular weight is 431 g/mol. The largest absolute Gasteiger partial charge is 0.494 e. The van der Waals surface area contributed by atoms with Crippen LogP contribution in [0.2, 0.25) is 5.02 Å². The van der Waals surface area contributed by atoms with E-state index in [0.717, 1.165) is 46.3 Å². The topological polar surface area (TPSA) is 9.23 Å². The second-order valence-electron chi connectivity index (χ2n) is 8.33. The van der Waals surface area contributed by atoms with Gasteiger partial charge in [-0.15, -0.1) is 11.8 Å². The predicted molar refractivity (Wildman–Crippen MR) is 127 cm³/mol. The smallest absolute Gasteiger partial charge is 0.120 e. The summed E-state index contributed by atoms with van der Waals surface area (Å²) in [5.74, 6) is 3.54. The minimum absolute atomic E-state index is 0.732. The number of rotatable bonds is 10. The van der Waals surface area contributed by atoms with Crippen molar-refractivity contribution < 1.29 is 4.74 Å². The van der Waals surface area contributed by atoms with Gasteiger partial charge in [0.15, 0.2) is 0 Å². The number of hydrogen-bond donors (Lipinski definition) is 0. The molecule has 1 nitrogen and oxygen atoms in total. The molecule has 3 rings (SSSR count). The molecule has 0 radical (unpaired) electrons. The summed E-state index contributed by atoms with van der Waals surface area (Å²) in [6, 6.07) is 15.3. The molecular formula is C26H35ClOS. The van der Waals surface area contributed by atoms with Gasteiger partial charge in [-0.05, 0) is 73.3 Å². The lowest BCUT2D eigenvalue weighted by molar-refractivity contribution is 0.304. The molecule has 1 saturated carbocycles. The molecule has 0 aliphatic heterocycles. The van der Waals surface area contributed by atoms with Crippen LogP contribution in [-0.4, -0.2) is 6.61 Å². The molecule has 1 aliphatic rings. The Hall–Kier alpha value is -1.12. The number of thioether (sulfide) groups is 1. The number of unbranched alkanes of at least 4 members (excludes halogenated alkanes) is 1. The lowest BCUT2D eigenvalue weighted by Crippen LogP contribution is -2.13. The summed E-state index contributed by atoms with van der Waals surface area (Å²) in [4.78, 5) is 1.12. The van der Waals surface area contributed by atoms with E-state index in [0.29, 0.717) is 0 Å². The normalized spacial score (nSPS) is 19.3. The van der Waals surface area contributed by atoms with Crippen molar-refractivity contribution in [3.05, 3.63) is 58.6 Å². The Labute approximate surface area is 186 Å². The highest BCUT2D eigenvalue weighted by Crippen LogP contribution is 2.38. The first-order chi connectivity index (χ1) is 14.2. The first-order valence-electron chi connectivity index (χ1n) is 11.3. The highest BCUT2D eigenvalue weighted by Gasteiger charge is 2.21. The quantitative estimate of drug-likeness (QED) is 0.348. The molecule has 29 heavy (non-hydrogen) atoms. The van der Waals surface area contributed by atoms with Crippen molar-refractivity contribution in [2.45, 2.75) is 81.8 Å². The highest BCUT2D eigenvalue weighted by molar-refractivity contribution is 7.98. The van der Waals surface area contributed by atoms with Crippen LogP contribution in [0, 0.1) is 5.92 Å². The third-order valence-corrected chi connectivity index (χ3v) is 7.60. The summed E-state index contributed by atoms with van der Waals surface area (Å²) in [6.07, 6.45) is 10.7. The molecule has 0 unspecified atom stereocenters. The first-order valence-corrected chi connectivity index (χ1v) is 12.7. The van der Waals surface area contributed by atoms with E-state index in [1.54, 1.807) is 11.8 Å². The SMILES string of the molecule is CCCC[C@H]1CC[C@H](c2ccc(CSc3ccc(OCCC)cc3Cl)cc2)CC1. The molecule has 0 aromatic heterocycles. The standard InChI is InChI=1S/C26H35ClOS/c1-3-5-6-20-7-11-22(12-8-20)23-13-9-21(10-14-23)19-29-26-16-15-24(18-25(26)27)28-17-4-2/h9-10,13-16,18,20,22H,3-8,11-12,17,19H2,1-2H3/t20-,22-. The molecule has 0 bridgehead atoms. The van der Waals surface area contributed by atoms with Crippen molar-refractivity contribution in [3.63, 3.8) is 0 Å². The Morgan fingerprint density at radius 1 is 0.966 bits per heavy atom. The Morgan fingerprint density at radius 2 is 1.72 bits per heavy atom. The van der Waals surface area contributed by atoms with Gasteiger partial charge in [-0.3, -0.25) is 0 Å². The second kappa shape index (κ2) is 11.9. The summed E-state index contributed by atoms with van der Waals surface area (Å²) < 4.78 is 5.66. The molecule has 0 heterocycles. The zero-order chi connectivity index (χ0) is 20.5. The molecular weight excluding hydrogens is 396 g/mol. The molecule has 158 valence electrons. The monoisotopic (exact) mass is 430 g/mol. The number of benzene rings is 2. The van der Waals surface area contributed by atoms with Crippen LogP contribution in [0.5, 0.6) is 5.75 Å². The third-order valence-electron chi connectivity index (χ3n) is 6.03. The summed E-state index contributed by atoms with van der Waals surface area (Å²) in [6.45, 7) is 5.14. The second-order valence-corrected chi connectivity index (χ2v) is 9.76. The van der Waals surface area contributed by atoms with Crippen LogP contribution in [0.25, 0.3) is 0 Å². The van der Waals surface area contributed by atoms with E-state index in [1.807, 2.05) is 12.1 Å². The van der Waals surface area contributed by atoms with Gasteiger partial charge in [0.05, 0.1) is 11.6 Å². The molecule has 0 spiro atoms. The fourth-order valence-electron chi connectivity index (χ4n) is 4.23. The van der Waals surface area contributed by atoms with E-state index in [9.17, 15) is 0 Å². The van der Waals surface area contributed by atoms with Gasteiger partial charge in [0.25, 0.3) is 0 Å². The van der Waals surface area contributed by atoms with Crippen molar-refractivity contribution in [3.8, 4) is 5.75 Å². The van der Waals surface area contributed by atoms with E-state index in [-0.39, 0.29) is 0 Å². The van der Waals surface area contributed by atoms with Crippen molar-refractivity contribution in [1.82, 2.24) is 0 Å². The van der Waals surface area contributed by atoms with E-state index in [1.165, 1.54) is 56.1 Å². The predicted octanol–water partition coefficient (Wildman–Crippen LogP) is 8.89. The molecule has 0 atom stereocenters. The number of halogens is 1. The van der Waals surface area contributed by atoms with Crippen LogP contribution in [0.3, 0.4) is 0 Å². The van der Waals surface area contributed by atoms with E-state index in [4.69, 9.17) is 16.3 Å². The Balaban J connectivity index is 1.48. The molecule has 0 N–H and O–H groups in total. The minimum Gasteiger partial charge on any atom is -0.494 e. The number of ether oxygens (including phenoxy) is 1. The fraction of sp³-hybridized carbons (Fsp3) is 0.538. The Kier molecular flexibility index (Phi) is 9.27. The van der Waals surface area contributed by atoms with Gasteiger partial charge >= 0.3 is 0 Å². The molecule has 0 saturated heterocycles. The molecule has 1 fully saturated rings. The summed E-state index contributed by atoms with van der Waals surface area (Å²) in [7, 11) is 0. The molecule has 1 aliphatic carbocycles. The van der Waals surface area contributed by atoms with Crippen molar-refractivity contribution in [1.29, 1.82) is 0 Å². The zero-order valence-electron chi connectivity index (χ0n) is 18.0. The molecule has 3 heteroatoms. The van der Waals surface area contributed by atoms with Crippen LogP contribution in [0.4, 0.5) is 0 Å². The van der Waals surface area contributed by atoms with Gasteiger partial charge in [0, 0.05) is 10.6 Å². The fourth-order valence-corrected chi connectivity index (χ4v) is 5.44. The van der Waals surface area contributed by atoms with Gasteiger partial charge in [-0.25, -0.2) is 0 Å². The lowest BCUT2D eigenvalue weighted by atomic mass is 9.77. The van der Waals surface area contributed by atoms with Crippen LogP contribution in [-0.2, 0) is 5.75 Å². The van der Waals surface area contributed by atoms with E-state index in [2.05, 4.69) is 44.2 Å². The third kappa shape index (κ3) is 6.96. The Bertz CT molecular complexity index is 735. The zero-order valence-corrected chi connectivity index (χ0v) is 19.5. The maximum atomic E-state index is 6.44. The maximum absolute atomic E-state index is 6.44. The first kappa shape index (κ1) is 22.6. The van der Waals surface area contributed by atoms with Crippen LogP contribution >= 0.6 is 23.4 Å². The van der Waals surface area contributed by atoms with Crippen LogP contribution in [0.1, 0.15) is 82.3 Å². The van der Waals surface area contributed by atoms with Gasteiger partial charge in [-0.1, -0.05) is 69.0 Å². The molecule has 2 aromatic carbocycles. The van der Waals surface area contributed by atoms with Gasteiger partial charge < -0.3 is 4.74 Å². The van der Waals surface area contributed by atoms with Crippen molar-refractivity contribution >= 4 is 23.4 Å². The van der Waals surface area contributed by atoms with Gasteiger partial charge in [0.2, 0.25) is 0 Å². The van der Waals surface area contributed by atoms with Gasteiger partial charge in [-0.2, -0.15) is 0 Å². The summed E-state index contributed by atoms with van der Waals surface area (Å²) in [5, 5.41) is 0.778. The maximum Gasteiger partial charge on any atom is 0.120 e. The number of hydrogen-bond acceptors (Lipinski definition) is 2. The minimum atomic E-state index is 0.732. The average Bonchev–Trinajstić information content (AvgIpc) is 2.76. The summed E-state index contributed by atoms with van der Waals surface area (Å²) in [5.41, 5.74) is 2.89. The molecule has 2 aromatic rings. The highest BCUT2D eigenvalue weighted by atomic mass is 35.5. The van der Waals surface area contributed by atoms with E-state index >= 15 is 0 Å². The van der Waals surface area contributed by atoms with Crippen molar-refractivity contribution in [2.24, 2.45) is 5.92 Å². The van der Waals surface area contributed by atoms with Crippen LogP contribution < -0.4 is 4.74 Å².